The normalized spacial score (nSPS) is 38.6. The van der Waals surface area contributed by atoms with E-state index in [-0.39, 0.29) is 18.7 Å². The van der Waals surface area contributed by atoms with Crippen LogP contribution in [0.15, 0.2) is 0 Å². The van der Waals surface area contributed by atoms with Crippen LogP contribution in [0.4, 0.5) is 13.2 Å². The molecule has 4 aliphatic heterocycles. The number of fused-ring (bicyclic) bond motifs is 1. The Morgan fingerprint density at radius 3 is 2.61 bits per heavy atom. The molecule has 0 aliphatic carbocycles. The number of hydrogen-bond acceptors (Lipinski definition) is 8. The van der Waals surface area contributed by atoms with E-state index in [1.807, 2.05) is 0 Å². The number of piperidine rings is 1. The second-order valence-corrected chi connectivity index (χ2v) is 12.8. The van der Waals surface area contributed by atoms with Gasteiger partial charge in [0.2, 0.25) is 11.7 Å². The Morgan fingerprint density at radius 1 is 1.26 bits per heavy atom. The van der Waals surface area contributed by atoms with Gasteiger partial charge in [0.25, 0.3) is 0 Å². The molecule has 0 bridgehead atoms. The van der Waals surface area contributed by atoms with E-state index in [1.165, 1.54) is 11.8 Å². The summed E-state index contributed by atoms with van der Waals surface area (Å²) in [5, 5.41) is 26.9. The summed E-state index contributed by atoms with van der Waals surface area (Å²) in [6.45, 7) is 4.24. The fourth-order valence-corrected chi connectivity index (χ4v) is 7.09. The van der Waals surface area contributed by atoms with Gasteiger partial charge in [-0.05, 0) is 90.2 Å². The van der Waals surface area contributed by atoms with E-state index in [0.717, 1.165) is 32.2 Å². The summed E-state index contributed by atoms with van der Waals surface area (Å²) >= 11 is 7.69. The molecule has 4 saturated heterocycles. The van der Waals surface area contributed by atoms with Gasteiger partial charge >= 0.3 is 6.18 Å². The zero-order valence-electron chi connectivity index (χ0n) is 22.0. The number of alkyl halides is 4. The molecular weight excluding hydrogens is 547 g/mol. The highest BCUT2D eigenvalue weighted by Crippen LogP contribution is 2.50. The van der Waals surface area contributed by atoms with E-state index in [0.29, 0.717) is 32.0 Å². The second kappa shape index (κ2) is 12.7. The summed E-state index contributed by atoms with van der Waals surface area (Å²) in [6, 6.07) is -1.07. The number of aliphatic hydroxyl groups excluding tert-OH is 1. The van der Waals surface area contributed by atoms with Crippen molar-refractivity contribution in [3.63, 3.8) is 0 Å². The van der Waals surface area contributed by atoms with E-state index in [9.17, 15) is 28.2 Å². The van der Waals surface area contributed by atoms with Gasteiger partial charge in [0.05, 0.1) is 23.4 Å². The lowest BCUT2D eigenvalue weighted by Crippen LogP contribution is -2.62. The molecule has 4 heterocycles. The Hall–Kier alpha value is -0.340. The SMILES string of the molecule is CSC1O[C@H]([C@H](NC(=O)[C@@H]2CC[C@H](CCCN3CCC(C(F)(F)F)CC3)CCN2)[C@H](C)Cl)C(O)C2O[C@]12O. The lowest BCUT2D eigenvalue weighted by atomic mass is 9.92. The summed E-state index contributed by atoms with van der Waals surface area (Å²) < 4.78 is 49.9. The molecule has 0 aromatic rings. The zero-order valence-corrected chi connectivity index (χ0v) is 23.5. The van der Waals surface area contributed by atoms with Gasteiger partial charge in [0.15, 0.2) is 5.44 Å². The van der Waals surface area contributed by atoms with Crippen LogP contribution in [0.1, 0.15) is 51.9 Å². The number of likely N-dealkylation sites (tertiary alicyclic amines) is 1. The summed E-state index contributed by atoms with van der Waals surface area (Å²) in [5.41, 5.74) is -0.691. The van der Waals surface area contributed by atoms with Crippen LogP contribution in [0, 0.1) is 11.8 Å². The van der Waals surface area contributed by atoms with Crippen LogP contribution in [0.2, 0.25) is 0 Å². The molecule has 4 rings (SSSR count). The highest BCUT2D eigenvalue weighted by molar-refractivity contribution is 7.99. The average molecular weight is 588 g/mol. The number of rotatable bonds is 9. The molecular formula is C25H41ClF3N3O5S. The molecule has 0 aromatic carbocycles. The van der Waals surface area contributed by atoms with Gasteiger partial charge in [-0.2, -0.15) is 13.2 Å². The highest BCUT2D eigenvalue weighted by atomic mass is 35.5. The van der Waals surface area contributed by atoms with Crippen molar-refractivity contribution in [1.29, 1.82) is 0 Å². The molecule has 4 aliphatic rings. The molecule has 220 valence electrons. The Morgan fingerprint density at radius 2 is 1.97 bits per heavy atom. The molecule has 0 spiro atoms. The third-order valence-corrected chi connectivity index (χ3v) is 9.71. The first kappa shape index (κ1) is 30.6. The molecule has 4 fully saturated rings. The summed E-state index contributed by atoms with van der Waals surface area (Å²) in [6.07, 6.45) is -0.268. The van der Waals surface area contributed by atoms with Crippen molar-refractivity contribution in [1.82, 2.24) is 15.5 Å². The minimum atomic E-state index is -4.08. The maximum absolute atomic E-state index is 13.2. The van der Waals surface area contributed by atoms with Crippen LogP contribution < -0.4 is 10.6 Å². The Bertz CT molecular complexity index is 807. The predicted octanol–water partition coefficient (Wildman–Crippen LogP) is 2.45. The third kappa shape index (κ3) is 7.10. The molecule has 13 heteroatoms. The van der Waals surface area contributed by atoms with Crippen LogP contribution in [0.5, 0.6) is 0 Å². The predicted molar refractivity (Wildman–Crippen MR) is 139 cm³/mol. The molecule has 0 saturated carbocycles. The van der Waals surface area contributed by atoms with Crippen LogP contribution in [0.3, 0.4) is 0 Å². The highest BCUT2D eigenvalue weighted by Gasteiger charge is 2.70. The van der Waals surface area contributed by atoms with Gasteiger partial charge in [-0.1, -0.05) is 0 Å². The Balaban J connectivity index is 1.21. The smallest absolute Gasteiger partial charge is 0.387 e. The first-order valence-electron chi connectivity index (χ1n) is 13.7. The van der Waals surface area contributed by atoms with Crippen molar-refractivity contribution in [3.05, 3.63) is 0 Å². The van der Waals surface area contributed by atoms with Crippen molar-refractivity contribution in [2.75, 3.05) is 32.4 Å². The number of carbonyl (C=O) groups is 1. The number of ether oxygens (including phenoxy) is 2. The average Bonchev–Trinajstić information content (AvgIpc) is 3.62. The largest absolute Gasteiger partial charge is 0.391 e. The van der Waals surface area contributed by atoms with Gasteiger partial charge < -0.3 is 35.2 Å². The molecule has 3 unspecified atom stereocenters. The van der Waals surface area contributed by atoms with Gasteiger partial charge in [-0.15, -0.1) is 23.4 Å². The molecule has 0 radical (unpaired) electrons. The van der Waals surface area contributed by atoms with E-state index in [1.54, 1.807) is 13.2 Å². The van der Waals surface area contributed by atoms with Gasteiger partial charge in [0.1, 0.15) is 18.3 Å². The van der Waals surface area contributed by atoms with Crippen molar-refractivity contribution in [3.8, 4) is 0 Å². The number of thioether (sulfide) groups is 1. The van der Waals surface area contributed by atoms with Crippen molar-refractivity contribution in [2.45, 2.75) is 105 Å². The molecule has 38 heavy (non-hydrogen) atoms. The topological polar surface area (TPSA) is 107 Å². The maximum atomic E-state index is 13.2. The molecule has 0 aromatic heterocycles. The number of aliphatic hydroxyl groups is 2. The van der Waals surface area contributed by atoms with Crippen molar-refractivity contribution in [2.24, 2.45) is 11.8 Å². The number of nitrogens with one attached hydrogen (secondary N) is 2. The number of carbonyl (C=O) groups excluding carboxylic acids is 1. The number of epoxide rings is 1. The van der Waals surface area contributed by atoms with E-state index in [4.69, 9.17) is 21.1 Å². The van der Waals surface area contributed by atoms with Gasteiger partial charge in [-0.25, -0.2) is 0 Å². The Labute approximate surface area is 231 Å². The van der Waals surface area contributed by atoms with Crippen LogP contribution in [0.25, 0.3) is 0 Å². The fourth-order valence-electron chi connectivity index (χ4n) is 6.12. The molecule has 9 atom stereocenters. The fraction of sp³-hybridized carbons (Fsp3) is 0.960. The first-order valence-corrected chi connectivity index (χ1v) is 15.4. The van der Waals surface area contributed by atoms with Crippen LogP contribution >= 0.6 is 23.4 Å². The van der Waals surface area contributed by atoms with Crippen molar-refractivity contribution >= 4 is 29.3 Å². The molecule has 1 amide bonds. The van der Waals surface area contributed by atoms with Gasteiger partial charge in [-0.3, -0.25) is 4.79 Å². The summed E-state index contributed by atoms with van der Waals surface area (Å²) in [5.74, 6) is -2.44. The number of amides is 1. The molecule has 8 nitrogen and oxygen atoms in total. The summed E-state index contributed by atoms with van der Waals surface area (Å²) in [4.78, 5) is 15.3. The van der Waals surface area contributed by atoms with Crippen LogP contribution in [-0.2, 0) is 14.3 Å². The number of halogens is 4. The van der Waals surface area contributed by atoms with E-state index < -0.39 is 59.1 Å². The van der Waals surface area contributed by atoms with E-state index >= 15 is 0 Å². The monoisotopic (exact) mass is 587 g/mol. The quantitative estimate of drug-likeness (QED) is 0.241. The number of hydrogen-bond donors (Lipinski definition) is 4. The lowest BCUT2D eigenvalue weighted by Gasteiger charge is -2.39. The second-order valence-electron chi connectivity index (χ2n) is 11.2. The molecule has 4 N–H and O–H groups in total. The Kier molecular flexibility index (Phi) is 10.2. The minimum absolute atomic E-state index is 0.185. The third-order valence-electron chi connectivity index (χ3n) is 8.56. The maximum Gasteiger partial charge on any atom is 0.391 e. The van der Waals surface area contributed by atoms with Crippen LogP contribution in [-0.4, -0.2) is 107 Å². The number of nitrogens with zero attached hydrogens (tertiary/aromatic N) is 1. The zero-order chi connectivity index (χ0) is 27.7. The first-order chi connectivity index (χ1) is 17.9. The van der Waals surface area contributed by atoms with E-state index in [2.05, 4.69) is 15.5 Å². The van der Waals surface area contributed by atoms with Gasteiger partial charge in [0, 0.05) is 0 Å². The summed E-state index contributed by atoms with van der Waals surface area (Å²) in [7, 11) is 0. The van der Waals surface area contributed by atoms with Crippen molar-refractivity contribution < 1.29 is 37.7 Å². The standard InChI is InChI=1S/C25H41ClF3N3O5S/c1-14(26)18(20-19(33)21-24(35,37-21)23(36-20)38-2)31-22(34)17-6-5-15(7-10-30-17)4-3-11-32-12-8-16(9-13-32)25(27,28)29/h14-21,23,30,33,35H,3-13H2,1-2H3,(H,31,34)/t14-,15-,17-,18+,19?,20+,21?,23?,24-/m0/s1. The lowest BCUT2D eigenvalue weighted by molar-refractivity contribution is -0.185. The minimum Gasteiger partial charge on any atom is -0.387 e.